The Kier molecular flexibility index (Phi) is 2.21. The second kappa shape index (κ2) is 3.38. The number of nitrogens with one attached hydrogen (secondary N) is 1. The molecule has 1 N–H and O–H groups in total. The van der Waals surface area contributed by atoms with Crippen LogP contribution in [0, 0.1) is 11.7 Å². The Balaban J connectivity index is 2.33. The highest BCUT2D eigenvalue weighted by molar-refractivity contribution is 7.71. The third kappa shape index (κ3) is 1.44. The van der Waals surface area contributed by atoms with Gasteiger partial charge in [0.05, 0.1) is 11.0 Å². The number of aromatic nitrogens is 2. The second-order valence-electron chi connectivity index (χ2n) is 4.82. The molecule has 0 unspecified atom stereocenters. The maximum Gasteiger partial charge on any atom is 0.412 e. The Bertz CT molecular complexity index is 677. The minimum absolute atomic E-state index is 0.103. The Morgan fingerprint density at radius 1 is 1.33 bits per heavy atom. The largest absolute Gasteiger partial charge is 0.412 e. The number of imidazole rings is 1. The smallest absolute Gasteiger partial charge is 0.331 e. The van der Waals surface area contributed by atoms with Crippen LogP contribution in [0.1, 0.15) is 18.4 Å². The summed E-state index contributed by atoms with van der Waals surface area (Å²) in [6, 6.07) is 5.36. The van der Waals surface area contributed by atoms with Crippen LogP contribution in [0.15, 0.2) is 18.2 Å². The van der Waals surface area contributed by atoms with E-state index >= 15 is 0 Å². The molecule has 3 rings (SSSR count). The number of hydrogen-bond donors (Lipinski definition) is 1. The third-order valence-electron chi connectivity index (χ3n) is 3.52. The van der Waals surface area contributed by atoms with Gasteiger partial charge in [0.1, 0.15) is 5.54 Å². The van der Waals surface area contributed by atoms with Crippen molar-refractivity contribution in [2.75, 3.05) is 0 Å². The maximum atomic E-state index is 13.2. The number of nitrogens with zero attached hydrogens (tertiary/aromatic N) is 1. The van der Waals surface area contributed by atoms with Crippen LogP contribution in [0.2, 0.25) is 0 Å². The highest BCUT2D eigenvalue weighted by Crippen LogP contribution is 2.56. The molecular formula is C12H11F3N2S. The van der Waals surface area contributed by atoms with Gasteiger partial charge in [-0.25, -0.2) is 0 Å². The number of aromatic amines is 1. The number of alkyl halides is 3. The van der Waals surface area contributed by atoms with Gasteiger partial charge < -0.3 is 9.55 Å². The molecule has 6 heteroatoms. The van der Waals surface area contributed by atoms with Gasteiger partial charge in [0.25, 0.3) is 0 Å². The predicted octanol–water partition coefficient (Wildman–Crippen LogP) is 4.06. The van der Waals surface area contributed by atoms with Gasteiger partial charge in [0.2, 0.25) is 0 Å². The number of aryl methyl sites for hydroxylation is 1. The van der Waals surface area contributed by atoms with Crippen LogP contribution in [0.25, 0.3) is 11.0 Å². The highest BCUT2D eigenvalue weighted by atomic mass is 32.1. The lowest BCUT2D eigenvalue weighted by Gasteiger charge is -2.21. The summed E-state index contributed by atoms with van der Waals surface area (Å²) in [4.78, 5) is 2.85. The molecule has 1 fully saturated rings. The molecule has 0 radical (unpaired) electrons. The number of H-pyrrole nitrogens is 1. The number of halogens is 3. The van der Waals surface area contributed by atoms with E-state index < -0.39 is 11.7 Å². The van der Waals surface area contributed by atoms with Crippen LogP contribution in [0.3, 0.4) is 0 Å². The minimum Gasteiger partial charge on any atom is -0.331 e. The molecule has 1 aromatic heterocycles. The molecule has 0 saturated heterocycles. The zero-order valence-corrected chi connectivity index (χ0v) is 10.5. The molecule has 1 saturated carbocycles. The number of hydrogen-bond acceptors (Lipinski definition) is 1. The normalized spacial score (nSPS) is 18.2. The first-order valence-electron chi connectivity index (χ1n) is 5.64. The van der Waals surface area contributed by atoms with Gasteiger partial charge in [-0.3, -0.25) is 0 Å². The summed E-state index contributed by atoms with van der Waals surface area (Å²) in [7, 11) is 0. The topological polar surface area (TPSA) is 20.7 Å². The maximum absolute atomic E-state index is 13.2. The molecule has 2 nitrogen and oxygen atoms in total. The van der Waals surface area contributed by atoms with Crippen LogP contribution < -0.4 is 0 Å². The lowest BCUT2D eigenvalue weighted by Crippen LogP contribution is -2.34. The SMILES string of the molecule is Cc1ccc2[nH]c(=S)n(C3(C(F)(F)F)CC3)c2c1. The molecule has 1 aromatic carbocycles. The summed E-state index contributed by atoms with van der Waals surface area (Å²) >= 11 is 5.06. The van der Waals surface area contributed by atoms with Crippen molar-refractivity contribution >= 4 is 23.3 Å². The molecule has 0 spiro atoms. The van der Waals surface area contributed by atoms with Crippen LogP contribution >= 0.6 is 12.2 Å². The molecule has 1 heterocycles. The Morgan fingerprint density at radius 2 is 2.00 bits per heavy atom. The van der Waals surface area contributed by atoms with E-state index in [0.29, 0.717) is 11.0 Å². The quantitative estimate of drug-likeness (QED) is 0.776. The number of fused-ring (bicyclic) bond motifs is 1. The Labute approximate surface area is 106 Å². The zero-order valence-electron chi connectivity index (χ0n) is 9.64. The van der Waals surface area contributed by atoms with Gasteiger partial charge in [0, 0.05) is 0 Å². The fraction of sp³-hybridized carbons (Fsp3) is 0.417. The first-order chi connectivity index (χ1) is 8.35. The third-order valence-corrected chi connectivity index (χ3v) is 3.80. The van der Waals surface area contributed by atoms with Crippen molar-refractivity contribution in [1.29, 1.82) is 0 Å². The van der Waals surface area contributed by atoms with Crippen molar-refractivity contribution in [3.8, 4) is 0 Å². The summed E-state index contributed by atoms with van der Waals surface area (Å²) in [6.07, 6.45) is -4.05. The van der Waals surface area contributed by atoms with Crippen molar-refractivity contribution in [2.45, 2.75) is 31.5 Å². The predicted molar refractivity (Wildman–Crippen MR) is 65.1 cm³/mol. The zero-order chi connectivity index (χ0) is 13.1. The van der Waals surface area contributed by atoms with E-state index in [-0.39, 0.29) is 17.6 Å². The van der Waals surface area contributed by atoms with Crippen LogP contribution in [0.5, 0.6) is 0 Å². The van der Waals surface area contributed by atoms with E-state index in [2.05, 4.69) is 4.98 Å². The van der Waals surface area contributed by atoms with E-state index in [9.17, 15) is 13.2 Å². The van der Waals surface area contributed by atoms with Gasteiger partial charge in [0.15, 0.2) is 4.77 Å². The number of rotatable bonds is 1. The summed E-state index contributed by atoms with van der Waals surface area (Å²) < 4.78 is 40.9. The van der Waals surface area contributed by atoms with E-state index in [1.165, 1.54) is 4.57 Å². The van der Waals surface area contributed by atoms with Gasteiger partial charge >= 0.3 is 6.18 Å². The van der Waals surface area contributed by atoms with Gasteiger partial charge in [-0.1, -0.05) is 6.07 Å². The van der Waals surface area contributed by atoms with Crippen molar-refractivity contribution in [2.24, 2.45) is 0 Å². The summed E-state index contributed by atoms with van der Waals surface area (Å²) in [6.45, 7) is 1.85. The highest BCUT2D eigenvalue weighted by Gasteiger charge is 2.65. The monoisotopic (exact) mass is 272 g/mol. The average molecular weight is 272 g/mol. The van der Waals surface area contributed by atoms with Crippen molar-refractivity contribution in [3.05, 3.63) is 28.5 Å². The van der Waals surface area contributed by atoms with Gasteiger partial charge in [-0.15, -0.1) is 0 Å². The van der Waals surface area contributed by atoms with Gasteiger partial charge in [-0.05, 0) is 49.7 Å². The van der Waals surface area contributed by atoms with Crippen LogP contribution in [-0.2, 0) is 5.54 Å². The number of benzene rings is 1. The first-order valence-corrected chi connectivity index (χ1v) is 6.05. The lowest BCUT2D eigenvalue weighted by atomic mass is 10.2. The molecule has 0 aliphatic heterocycles. The Hall–Kier alpha value is -1.30. The van der Waals surface area contributed by atoms with Crippen LogP contribution in [0.4, 0.5) is 13.2 Å². The second-order valence-corrected chi connectivity index (χ2v) is 5.20. The van der Waals surface area contributed by atoms with Crippen molar-refractivity contribution < 1.29 is 13.2 Å². The molecular weight excluding hydrogens is 261 g/mol. The fourth-order valence-electron chi connectivity index (χ4n) is 2.39. The summed E-state index contributed by atoms with van der Waals surface area (Å²) in [5.74, 6) is 0. The van der Waals surface area contributed by atoms with E-state index in [1.807, 2.05) is 13.0 Å². The van der Waals surface area contributed by atoms with Crippen LogP contribution in [-0.4, -0.2) is 15.7 Å². The van der Waals surface area contributed by atoms with Crippen molar-refractivity contribution in [3.63, 3.8) is 0 Å². The molecule has 2 aromatic rings. The van der Waals surface area contributed by atoms with E-state index in [0.717, 1.165) is 5.56 Å². The molecule has 0 bridgehead atoms. The molecule has 0 amide bonds. The molecule has 0 atom stereocenters. The molecule has 1 aliphatic carbocycles. The molecule has 18 heavy (non-hydrogen) atoms. The van der Waals surface area contributed by atoms with Gasteiger partial charge in [-0.2, -0.15) is 13.2 Å². The molecule has 96 valence electrons. The average Bonchev–Trinajstić information content (AvgIpc) is 2.98. The lowest BCUT2D eigenvalue weighted by molar-refractivity contribution is -0.179. The summed E-state index contributed by atoms with van der Waals surface area (Å²) in [5, 5.41) is 0. The standard InChI is InChI=1S/C12H11F3N2S/c1-7-2-3-8-9(6-7)17(10(18)16-8)11(4-5-11)12(13,14)15/h2-3,6H,4-5H2,1H3,(H,16,18). The van der Waals surface area contributed by atoms with E-state index in [4.69, 9.17) is 12.2 Å². The first kappa shape index (κ1) is 11.8. The van der Waals surface area contributed by atoms with E-state index in [1.54, 1.807) is 12.1 Å². The molecule has 1 aliphatic rings. The minimum atomic E-state index is -4.26. The van der Waals surface area contributed by atoms with Crippen molar-refractivity contribution in [1.82, 2.24) is 9.55 Å². The fourth-order valence-corrected chi connectivity index (χ4v) is 2.77. The Morgan fingerprint density at radius 3 is 2.56 bits per heavy atom. The summed E-state index contributed by atoms with van der Waals surface area (Å²) in [5.41, 5.74) is 0.315.